The van der Waals surface area contributed by atoms with Gasteiger partial charge in [0.1, 0.15) is 17.8 Å². The van der Waals surface area contributed by atoms with Gasteiger partial charge in [-0.25, -0.2) is 4.79 Å². The number of aliphatic hydroxyl groups excluding tert-OH is 3. The molecule has 0 radical (unpaired) electrons. The van der Waals surface area contributed by atoms with Crippen LogP contribution in [0.2, 0.25) is 0 Å². The van der Waals surface area contributed by atoms with Crippen LogP contribution in [0, 0.1) is 5.92 Å². The van der Waals surface area contributed by atoms with Gasteiger partial charge in [0.05, 0.1) is 37.6 Å². The molecule has 10 nitrogen and oxygen atoms in total. The minimum absolute atomic E-state index is 0.0865. The molecule has 5 N–H and O–H groups in total. The number of rotatable bonds is 16. The predicted octanol–water partition coefficient (Wildman–Crippen LogP) is 1.71. The van der Waals surface area contributed by atoms with E-state index < -0.39 is 42.0 Å². The largest absolute Gasteiger partial charge is 0.481 e. The van der Waals surface area contributed by atoms with Crippen LogP contribution in [0.15, 0.2) is 11.6 Å². The second-order valence-corrected chi connectivity index (χ2v) is 10.5. The van der Waals surface area contributed by atoms with Crippen LogP contribution in [0.3, 0.4) is 0 Å². The number of esters is 1. The van der Waals surface area contributed by atoms with E-state index in [2.05, 4.69) is 0 Å². The summed E-state index contributed by atoms with van der Waals surface area (Å²) in [6.45, 7) is 5.35. The molecule has 2 fully saturated rings. The van der Waals surface area contributed by atoms with Crippen LogP contribution in [-0.4, -0.2) is 92.9 Å². The highest BCUT2D eigenvalue weighted by molar-refractivity contribution is 5.82. The molecule has 2 heterocycles. The third kappa shape index (κ3) is 9.72. The molecule has 0 saturated carbocycles. The lowest BCUT2D eigenvalue weighted by Gasteiger charge is -2.43. The highest BCUT2D eigenvalue weighted by atomic mass is 16.6. The van der Waals surface area contributed by atoms with E-state index in [0.29, 0.717) is 18.6 Å². The van der Waals surface area contributed by atoms with Crippen molar-refractivity contribution in [1.82, 2.24) is 0 Å². The van der Waals surface area contributed by atoms with Crippen LogP contribution in [0.25, 0.3) is 0 Å². The van der Waals surface area contributed by atoms with E-state index in [1.807, 2.05) is 6.92 Å². The Morgan fingerprint density at radius 2 is 1.72 bits per heavy atom. The summed E-state index contributed by atoms with van der Waals surface area (Å²) < 4.78 is 16.5. The first-order chi connectivity index (χ1) is 16.9. The van der Waals surface area contributed by atoms with Gasteiger partial charge in [-0.1, -0.05) is 38.2 Å². The lowest BCUT2D eigenvalue weighted by Crippen LogP contribution is -2.61. The van der Waals surface area contributed by atoms with E-state index in [1.165, 1.54) is 6.08 Å². The Morgan fingerprint density at radius 1 is 1.08 bits per heavy atom. The number of aliphatic hydroxyl groups is 4. The molecule has 0 aromatic rings. The zero-order valence-electron chi connectivity index (χ0n) is 21.7. The van der Waals surface area contributed by atoms with Crippen molar-refractivity contribution in [2.75, 3.05) is 13.2 Å². The standard InChI is InChI=1S/C26H44O10/c1-16(13-22(30)34-11-9-7-5-4-6-8-10-21(28)29)12-19-23(31)25(32)26(33,15-35-19)14-20-24(36-20)17(2)18(3)27/h13,17-20,23-25,27,31-33H,4-12,14-15H2,1-3H3,(H,28,29)/t17-,18-,19-,20-,23-,24-,25-,26+/m0/s1. The van der Waals surface area contributed by atoms with Crippen LogP contribution in [0.4, 0.5) is 0 Å². The summed E-state index contributed by atoms with van der Waals surface area (Å²) in [5, 5.41) is 50.4. The lowest BCUT2D eigenvalue weighted by atomic mass is 9.82. The van der Waals surface area contributed by atoms with Crippen molar-refractivity contribution >= 4 is 11.9 Å². The third-order valence-corrected chi connectivity index (χ3v) is 7.17. The van der Waals surface area contributed by atoms with Crippen LogP contribution >= 0.6 is 0 Å². The maximum Gasteiger partial charge on any atom is 0.330 e. The molecule has 0 unspecified atom stereocenters. The lowest BCUT2D eigenvalue weighted by molar-refractivity contribution is -0.236. The molecular formula is C26H44O10. The second kappa shape index (κ2) is 14.4. The number of hydrogen-bond acceptors (Lipinski definition) is 9. The number of carboxylic acids is 1. The van der Waals surface area contributed by atoms with Crippen molar-refractivity contribution in [3.8, 4) is 0 Å². The first kappa shape index (κ1) is 30.7. The molecule has 0 amide bonds. The Morgan fingerprint density at radius 3 is 2.36 bits per heavy atom. The van der Waals surface area contributed by atoms with Crippen LogP contribution < -0.4 is 0 Å². The van der Waals surface area contributed by atoms with Crippen molar-refractivity contribution in [3.05, 3.63) is 11.6 Å². The Kier molecular flexibility index (Phi) is 12.3. The fourth-order valence-corrected chi connectivity index (χ4v) is 4.60. The Labute approximate surface area is 213 Å². The van der Waals surface area contributed by atoms with Crippen LogP contribution in [0.5, 0.6) is 0 Å². The van der Waals surface area contributed by atoms with Crippen molar-refractivity contribution in [2.24, 2.45) is 5.92 Å². The number of carbonyl (C=O) groups excluding carboxylic acids is 1. The summed E-state index contributed by atoms with van der Waals surface area (Å²) in [6, 6.07) is 0. The molecule has 0 bridgehead atoms. The van der Waals surface area contributed by atoms with E-state index in [4.69, 9.17) is 19.3 Å². The number of aliphatic carboxylic acids is 1. The summed E-state index contributed by atoms with van der Waals surface area (Å²) in [4.78, 5) is 22.5. The number of carbonyl (C=O) groups is 2. The Balaban J connectivity index is 1.67. The molecule has 2 saturated heterocycles. The molecular weight excluding hydrogens is 472 g/mol. The first-order valence-electron chi connectivity index (χ1n) is 13.0. The van der Waals surface area contributed by atoms with Gasteiger partial charge in [0, 0.05) is 24.8 Å². The molecule has 2 aliphatic heterocycles. The zero-order valence-corrected chi connectivity index (χ0v) is 21.7. The third-order valence-electron chi connectivity index (χ3n) is 7.17. The molecule has 208 valence electrons. The van der Waals surface area contributed by atoms with E-state index >= 15 is 0 Å². The average Bonchev–Trinajstić information content (AvgIpc) is 3.56. The number of epoxide rings is 1. The number of hydrogen-bond donors (Lipinski definition) is 5. The smallest absolute Gasteiger partial charge is 0.330 e. The zero-order chi connectivity index (χ0) is 26.9. The molecule has 0 aromatic carbocycles. The van der Waals surface area contributed by atoms with Gasteiger partial charge in [-0.2, -0.15) is 0 Å². The van der Waals surface area contributed by atoms with E-state index in [0.717, 1.165) is 32.1 Å². The summed E-state index contributed by atoms with van der Waals surface area (Å²) >= 11 is 0. The molecule has 0 aliphatic carbocycles. The molecule has 36 heavy (non-hydrogen) atoms. The second-order valence-electron chi connectivity index (χ2n) is 10.5. The predicted molar refractivity (Wildman–Crippen MR) is 130 cm³/mol. The van der Waals surface area contributed by atoms with Gasteiger partial charge >= 0.3 is 11.9 Å². The fourth-order valence-electron chi connectivity index (χ4n) is 4.60. The van der Waals surface area contributed by atoms with Crippen LogP contribution in [-0.2, 0) is 23.8 Å². The van der Waals surface area contributed by atoms with Crippen molar-refractivity contribution in [1.29, 1.82) is 0 Å². The van der Waals surface area contributed by atoms with Gasteiger partial charge in [0.15, 0.2) is 0 Å². The number of carboxylic acid groups (broad SMARTS) is 1. The van der Waals surface area contributed by atoms with Crippen molar-refractivity contribution in [2.45, 2.75) is 121 Å². The Bertz CT molecular complexity index is 738. The van der Waals surface area contributed by atoms with Gasteiger partial charge < -0.3 is 39.7 Å². The molecule has 2 aliphatic rings. The molecule has 2 rings (SSSR count). The van der Waals surface area contributed by atoms with Crippen molar-refractivity contribution < 1.29 is 49.3 Å². The highest BCUT2D eigenvalue weighted by Crippen LogP contribution is 2.40. The van der Waals surface area contributed by atoms with Crippen LogP contribution in [0.1, 0.15) is 78.6 Å². The minimum atomic E-state index is -1.67. The van der Waals surface area contributed by atoms with Gasteiger partial charge in [-0.15, -0.1) is 0 Å². The van der Waals surface area contributed by atoms with Gasteiger partial charge in [-0.05, 0) is 33.1 Å². The quantitative estimate of drug-likeness (QED) is 0.0882. The van der Waals surface area contributed by atoms with Gasteiger partial charge in [-0.3, -0.25) is 4.79 Å². The monoisotopic (exact) mass is 516 g/mol. The van der Waals surface area contributed by atoms with Gasteiger partial charge in [0.2, 0.25) is 0 Å². The maximum absolute atomic E-state index is 12.1. The average molecular weight is 517 g/mol. The highest BCUT2D eigenvalue weighted by Gasteiger charge is 2.54. The van der Waals surface area contributed by atoms with E-state index in [-0.39, 0.29) is 44.0 Å². The molecule has 10 heteroatoms. The topological polar surface area (TPSA) is 166 Å². The molecule has 0 aromatic heterocycles. The summed E-state index contributed by atoms with van der Waals surface area (Å²) in [6.07, 6.45) is 2.29. The number of ether oxygens (including phenoxy) is 3. The van der Waals surface area contributed by atoms with E-state index in [9.17, 15) is 30.0 Å². The molecule has 0 spiro atoms. The maximum atomic E-state index is 12.1. The summed E-state index contributed by atoms with van der Waals surface area (Å²) in [5.41, 5.74) is -1.04. The first-order valence-corrected chi connectivity index (χ1v) is 13.0. The normalized spacial score (nSPS) is 32.1. The van der Waals surface area contributed by atoms with Crippen molar-refractivity contribution in [3.63, 3.8) is 0 Å². The van der Waals surface area contributed by atoms with Gasteiger partial charge in [0.25, 0.3) is 0 Å². The minimum Gasteiger partial charge on any atom is -0.481 e. The summed E-state index contributed by atoms with van der Waals surface area (Å²) in [7, 11) is 0. The Hall–Kier alpha value is -1.56. The number of unbranched alkanes of at least 4 members (excludes halogenated alkanes) is 5. The molecule has 8 atom stereocenters. The SMILES string of the molecule is CC(=CC(=O)OCCCCCCCCC(=O)O)C[C@@H]1OC[C@](O)(C[C@@H]2O[C@H]2[C@@H](C)[C@H](C)O)[C@@H](O)[C@H]1O. The summed E-state index contributed by atoms with van der Waals surface area (Å²) in [5.74, 6) is -1.37. The van der Waals surface area contributed by atoms with E-state index in [1.54, 1.807) is 13.8 Å². The fraction of sp³-hybridized carbons (Fsp3) is 0.846.